The largest absolute Gasteiger partial charge is 0.327 e. The van der Waals surface area contributed by atoms with Crippen LogP contribution in [0.5, 0.6) is 0 Å². The van der Waals surface area contributed by atoms with E-state index in [0.29, 0.717) is 10.2 Å². The highest BCUT2D eigenvalue weighted by molar-refractivity contribution is 9.12. The van der Waals surface area contributed by atoms with Crippen LogP contribution in [0.4, 0.5) is 0 Å². The van der Waals surface area contributed by atoms with Crippen molar-refractivity contribution in [1.29, 1.82) is 0 Å². The zero-order valence-electron chi connectivity index (χ0n) is 9.15. The third-order valence-electron chi connectivity index (χ3n) is 2.08. The first-order chi connectivity index (χ1) is 8.47. The van der Waals surface area contributed by atoms with Crippen molar-refractivity contribution in [2.75, 3.05) is 0 Å². The van der Waals surface area contributed by atoms with Crippen LogP contribution < -0.4 is 11.2 Å². The monoisotopic (exact) mass is 310 g/mol. The Labute approximate surface area is 108 Å². The molecule has 92 valence electrons. The fraction of sp³-hybridized carbons (Fsp3) is 0.100. The van der Waals surface area contributed by atoms with E-state index < -0.39 is 11.2 Å². The average molecular weight is 311 g/mol. The predicted octanol–water partition coefficient (Wildman–Crippen LogP) is 0.331. The molecule has 0 saturated heterocycles. The summed E-state index contributed by atoms with van der Waals surface area (Å²) < 4.78 is 0.317. The van der Waals surface area contributed by atoms with Gasteiger partial charge in [-0.1, -0.05) is 0 Å². The summed E-state index contributed by atoms with van der Waals surface area (Å²) in [5.74, 6) is -0.174. The third-order valence-corrected chi connectivity index (χ3v) is 2.86. The molecular weight excluding hydrogens is 304 g/mol. The number of ketones is 1. The van der Waals surface area contributed by atoms with Gasteiger partial charge in [0, 0.05) is 0 Å². The van der Waals surface area contributed by atoms with Crippen LogP contribution in [0.3, 0.4) is 0 Å². The van der Waals surface area contributed by atoms with E-state index in [2.05, 4.69) is 30.9 Å². The van der Waals surface area contributed by atoms with Gasteiger partial charge in [0.2, 0.25) is 0 Å². The fourth-order valence-corrected chi connectivity index (χ4v) is 1.49. The molecule has 18 heavy (non-hydrogen) atoms. The molecule has 2 aromatic heterocycles. The van der Waals surface area contributed by atoms with Crippen molar-refractivity contribution in [2.45, 2.75) is 6.92 Å². The van der Waals surface area contributed by atoms with E-state index in [1.807, 2.05) is 4.98 Å². The summed E-state index contributed by atoms with van der Waals surface area (Å²) in [6.45, 7) is 1.39. The number of hydrogen-bond donors (Lipinski definition) is 2. The number of Topliss-reactive ketones (excluding diaryl/α,β-unsaturated/α-hetero) is 1. The summed E-state index contributed by atoms with van der Waals surface area (Å²) in [6.07, 6.45) is 2.79. The standard InChI is InChI=1S/C10H7BrN4O3/c1-4(16)6(11)2-5-3-12-8-7(13-5)9(17)15-10(18)14-8/h2-3H,1H3,(H2,12,14,15,17,18). The quantitative estimate of drug-likeness (QED) is 0.777. The molecule has 0 radical (unpaired) electrons. The smallest absolute Gasteiger partial charge is 0.294 e. The molecular formula is C10H7BrN4O3. The zero-order valence-corrected chi connectivity index (χ0v) is 10.7. The maximum atomic E-state index is 11.5. The first-order valence-corrected chi connectivity index (χ1v) is 5.64. The Hall–Kier alpha value is -2.09. The van der Waals surface area contributed by atoms with E-state index in [-0.39, 0.29) is 16.9 Å². The van der Waals surface area contributed by atoms with Crippen molar-refractivity contribution in [3.05, 3.63) is 37.2 Å². The summed E-state index contributed by atoms with van der Waals surface area (Å²) in [6, 6.07) is 0. The molecule has 0 unspecified atom stereocenters. The first-order valence-electron chi connectivity index (χ1n) is 4.85. The molecule has 0 aliphatic carbocycles. The number of rotatable bonds is 2. The molecule has 0 saturated carbocycles. The van der Waals surface area contributed by atoms with Gasteiger partial charge in [-0.25, -0.2) is 14.8 Å². The second-order valence-corrected chi connectivity index (χ2v) is 4.30. The number of nitrogens with one attached hydrogen (secondary N) is 2. The fourth-order valence-electron chi connectivity index (χ4n) is 1.25. The van der Waals surface area contributed by atoms with Gasteiger partial charge in [0.05, 0.1) is 16.4 Å². The second-order valence-electron chi connectivity index (χ2n) is 3.45. The normalized spacial score (nSPS) is 11.8. The Balaban J connectivity index is 2.65. The molecule has 0 fully saturated rings. The minimum atomic E-state index is -0.644. The minimum absolute atomic E-state index is 0.00667. The van der Waals surface area contributed by atoms with Gasteiger partial charge in [0.1, 0.15) is 0 Å². The summed E-state index contributed by atoms with van der Waals surface area (Å²) in [5, 5.41) is 0. The number of halogens is 1. The molecule has 2 heterocycles. The molecule has 0 amide bonds. The highest BCUT2D eigenvalue weighted by Crippen LogP contribution is 2.11. The molecule has 8 heteroatoms. The van der Waals surface area contributed by atoms with Gasteiger partial charge in [-0.3, -0.25) is 19.6 Å². The summed E-state index contributed by atoms with van der Waals surface area (Å²) in [7, 11) is 0. The predicted molar refractivity (Wildman–Crippen MR) is 68.4 cm³/mol. The van der Waals surface area contributed by atoms with Gasteiger partial charge in [-0.05, 0) is 28.9 Å². The van der Waals surface area contributed by atoms with Crippen LogP contribution >= 0.6 is 15.9 Å². The van der Waals surface area contributed by atoms with E-state index in [9.17, 15) is 14.4 Å². The van der Waals surface area contributed by atoms with E-state index in [0.717, 1.165) is 0 Å². The maximum Gasteiger partial charge on any atom is 0.327 e. The lowest BCUT2D eigenvalue weighted by molar-refractivity contribution is -0.112. The van der Waals surface area contributed by atoms with E-state index in [1.54, 1.807) is 0 Å². The van der Waals surface area contributed by atoms with Gasteiger partial charge in [-0.15, -0.1) is 0 Å². The van der Waals surface area contributed by atoms with Crippen molar-refractivity contribution in [2.24, 2.45) is 0 Å². The van der Waals surface area contributed by atoms with E-state index >= 15 is 0 Å². The van der Waals surface area contributed by atoms with Crippen LogP contribution in [0.1, 0.15) is 12.6 Å². The number of carbonyl (C=O) groups excluding carboxylic acids is 1. The van der Waals surface area contributed by atoms with E-state index in [4.69, 9.17) is 0 Å². The van der Waals surface area contributed by atoms with E-state index in [1.165, 1.54) is 19.2 Å². The second kappa shape index (κ2) is 4.65. The van der Waals surface area contributed by atoms with Crippen LogP contribution in [-0.4, -0.2) is 25.7 Å². The molecule has 0 aromatic carbocycles. The number of hydrogen-bond acceptors (Lipinski definition) is 5. The average Bonchev–Trinajstić information content (AvgIpc) is 2.29. The van der Waals surface area contributed by atoms with Gasteiger partial charge in [0.15, 0.2) is 16.9 Å². The Morgan fingerprint density at radius 3 is 2.78 bits per heavy atom. The number of aromatic nitrogens is 4. The van der Waals surface area contributed by atoms with Crippen LogP contribution in [-0.2, 0) is 4.79 Å². The topological polar surface area (TPSA) is 109 Å². The summed E-state index contributed by atoms with van der Waals surface area (Å²) in [4.78, 5) is 45.9. The maximum absolute atomic E-state index is 11.5. The number of carbonyl (C=O) groups is 1. The third kappa shape index (κ3) is 2.43. The number of H-pyrrole nitrogens is 2. The van der Waals surface area contributed by atoms with Gasteiger partial charge < -0.3 is 0 Å². The first kappa shape index (κ1) is 12.4. The molecule has 0 spiro atoms. The minimum Gasteiger partial charge on any atom is -0.294 e. The molecule has 2 rings (SSSR count). The van der Waals surface area contributed by atoms with Crippen LogP contribution in [0.15, 0.2) is 20.3 Å². The number of nitrogens with zero attached hydrogens (tertiary/aromatic N) is 2. The Kier molecular flexibility index (Phi) is 3.19. The molecule has 0 aliphatic rings. The van der Waals surface area contributed by atoms with Crippen LogP contribution in [0, 0.1) is 0 Å². The molecule has 0 atom stereocenters. The van der Waals surface area contributed by atoms with Crippen molar-refractivity contribution in [3.63, 3.8) is 0 Å². The number of fused-ring (bicyclic) bond motifs is 1. The lowest BCUT2D eigenvalue weighted by atomic mass is 10.3. The van der Waals surface area contributed by atoms with Crippen molar-refractivity contribution in [1.82, 2.24) is 19.9 Å². The lowest BCUT2D eigenvalue weighted by Crippen LogP contribution is -2.23. The molecule has 0 aliphatic heterocycles. The van der Waals surface area contributed by atoms with Crippen molar-refractivity contribution < 1.29 is 4.79 Å². The number of aromatic amines is 2. The zero-order chi connectivity index (χ0) is 13.3. The molecule has 2 N–H and O–H groups in total. The molecule has 0 bridgehead atoms. The molecule has 7 nitrogen and oxygen atoms in total. The number of allylic oxidation sites excluding steroid dienone is 1. The highest BCUT2D eigenvalue weighted by atomic mass is 79.9. The Bertz CT molecular complexity index is 775. The lowest BCUT2D eigenvalue weighted by Gasteiger charge is -1.97. The Morgan fingerprint density at radius 2 is 2.11 bits per heavy atom. The van der Waals surface area contributed by atoms with Crippen LogP contribution in [0.25, 0.3) is 17.2 Å². The summed E-state index contributed by atoms with van der Waals surface area (Å²) in [5.41, 5.74) is -0.834. The van der Waals surface area contributed by atoms with Crippen molar-refractivity contribution >= 4 is 39.0 Å². The van der Waals surface area contributed by atoms with Crippen molar-refractivity contribution in [3.8, 4) is 0 Å². The van der Waals surface area contributed by atoms with Gasteiger partial charge in [-0.2, -0.15) is 0 Å². The summed E-state index contributed by atoms with van der Waals surface area (Å²) >= 11 is 3.07. The Morgan fingerprint density at radius 1 is 1.39 bits per heavy atom. The van der Waals surface area contributed by atoms with Gasteiger partial charge in [0.25, 0.3) is 5.56 Å². The highest BCUT2D eigenvalue weighted by Gasteiger charge is 2.05. The van der Waals surface area contributed by atoms with Crippen LogP contribution in [0.2, 0.25) is 0 Å². The van der Waals surface area contributed by atoms with Gasteiger partial charge >= 0.3 is 5.69 Å². The SMILES string of the molecule is CC(=O)C(Br)=Cc1cnc2[nH]c(=O)[nH]c(=O)c2n1. The molecule has 2 aromatic rings.